The highest BCUT2D eigenvalue weighted by molar-refractivity contribution is 9.10. The molecule has 0 bridgehead atoms. The van der Waals surface area contributed by atoms with Crippen molar-refractivity contribution >= 4 is 55.7 Å². The lowest BCUT2D eigenvalue weighted by atomic mass is 10.2. The number of hydrogen-bond donors (Lipinski definition) is 1. The van der Waals surface area contributed by atoms with Crippen molar-refractivity contribution in [1.82, 2.24) is 10.2 Å². The van der Waals surface area contributed by atoms with Crippen LogP contribution in [0.2, 0.25) is 0 Å². The summed E-state index contributed by atoms with van der Waals surface area (Å²) in [6, 6.07) is 16.0. The minimum absolute atomic E-state index is 0.356. The van der Waals surface area contributed by atoms with Crippen LogP contribution in [-0.2, 0) is 0 Å². The average Bonchev–Trinajstić information content (AvgIpc) is 2.96. The topological polar surface area (TPSA) is 51.0 Å². The Labute approximate surface area is 144 Å². The molecular formula is C16H11Br2N3O. The number of aromatic nitrogens is 2. The van der Waals surface area contributed by atoms with Crippen LogP contribution in [-0.4, -0.2) is 10.2 Å². The van der Waals surface area contributed by atoms with Gasteiger partial charge < -0.3 is 9.73 Å². The summed E-state index contributed by atoms with van der Waals surface area (Å²) in [5.74, 6) is 0.440. The summed E-state index contributed by atoms with van der Waals surface area (Å²) in [7, 11) is 0. The zero-order chi connectivity index (χ0) is 15.4. The zero-order valence-corrected chi connectivity index (χ0v) is 14.5. The fraction of sp³-hybridized carbons (Fsp3) is 0. The van der Waals surface area contributed by atoms with Crippen molar-refractivity contribution < 1.29 is 4.42 Å². The van der Waals surface area contributed by atoms with Crippen LogP contribution in [0, 0.1) is 0 Å². The maximum absolute atomic E-state index is 5.53. The minimum Gasteiger partial charge on any atom is -0.404 e. The van der Waals surface area contributed by atoms with Crippen LogP contribution >= 0.6 is 31.9 Å². The van der Waals surface area contributed by atoms with Gasteiger partial charge in [-0.25, -0.2) is 0 Å². The molecule has 1 N–H and O–H groups in total. The molecule has 3 aromatic rings. The number of hydrogen-bond acceptors (Lipinski definition) is 4. The third-order valence-corrected chi connectivity index (χ3v) is 4.10. The summed E-state index contributed by atoms with van der Waals surface area (Å²) < 4.78 is 7.56. The highest BCUT2D eigenvalue weighted by Gasteiger charge is 2.04. The first kappa shape index (κ1) is 15.0. The van der Waals surface area contributed by atoms with Crippen molar-refractivity contribution in [2.24, 2.45) is 0 Å². The second-order valence-electron chi connectivity index (χ2n) is 4.43. The lowest BCUT2D eigenvalue weighted by Gasteiger charge is -1.99. The largest absolute Gasteiger partial charge is 0.404 e. The molecule has 0 aliphatic rings. The Hall–Kier alpha value is -1.92. The molecule has 0 fully saturated rings. The lowest BCUT2D eigenvalue weighted by Crippen LogP contribution is -1.89. The van der Waals surface area contributed by atoms with Gasteiger partial charge in [0.25, 0.3) is 0 Å². The third kappa shape index (κ3) is 3.84. The van der Waals surface area contributed by atoms with Crippen LogP contribution in [0.25, 0.3) is 12.2 Å². The molecular weight excluding hydrogens is 410 g/mol. The molecule has 0 unspecified atom stereocenters. The van der Waals surface area contributed by atoms with E-state index in [0.29, 0.717) is 11.9 Å². The molecule has 4 nitrogen and oxygen atoms in total. The molecule has 2 aromatic carbocycles. The van der Waals surface area contributed by atoms with E-state index in [4.69, 9.17) is 4.42 Å². The summed E-state index contributed by atoms with van der Waals surface area (Å²) in [5, 5.41) is 11.0. The molecule has 110 valence electrons. The van der Waals surface area contributed by atoms with Crippen LogP contribution in [0.1, 0.15) is 11.5 Å². The Balaban J connectivity index is 1.71. The predicted octanol–water partition coefficient (Wildman–Crippen LogP) is 5.51. The number of rotatable bonds is 4. The van der Waals surface area contributed by atoms with E-state index in [1.165, 1.54) is 0 Å². The van der Waals surface area contributed by atoms with E-state index in [1.54, 1.807) is 6.08 Å². The van der Waals surface area contributed by atoms with Gasteiger partial charge in [-0.1, -0.05) is 55.2 Å². The fourth-order valence-corrected chi connectivity index (χ4v) is 2.46. The van der Waals surface area contributed by atoms with Crippen LogP contribution < -0.4 is 5.32 Å². The van der Waals surface area contributed by atoms with E-state index in [2.05, 4.69) is 47.4 Å². The first-order valence-corrected chi connectivity index (χ1v) is 8.08. The highest BCUT2D eigenvalue weighted by atomic mass is 79.9. The second-order valence-corrected chi connectivity index (χ2v) is 6.20. The van der Waals surface area contributed by atoms with E-state index in [9.17, 15) is 0 Å². The third-order valence-electron chi connectivity index (χ3n) is 2.85. The van der Waals surface area contributed by atoms with Crippen molar-refractivity contribution in [3.05, 3.63) is 68.9 Å². The van der Waals surface area contributed by atoms with Crippen LogP contribution in [0.4, 0.5) is 11.7 Å². The summed E-state index contributed by atoms with van der Waals surface area (Å²) >= 11 is 6.88. The molecule has 0 atom stereocenters. The average molecular weight is 421 g/mol. The Morgan fingerprint density at radius 1 is 0.909 bits per heavy atom. The van der Waals surface area contributed by atoms with Gasteiger partial charge in [-0.3, -0.25) is 0 Å². The molecule has 0 aliphatic heterocycles. The maximum Gasteiger partial charge on any atom is 0.320 e. The molecule has 1 heterocycles. The van der Waals surface area contributed by atoms with Gasteiger partial charge in [0, 0.05) is 20.7 Å². The number of anilines is 2. The Morgan fingerprint density at radius 3 is 2.45 bits per heavy atom. The van der Waals surface area contributed by atoms with Gasteiger partial charge >= 0.3 is 6.01 Å². The van der Waals surface area contributed by atoms with Crippen molar-refractivity contribution in [2.75, 3.05) is 5.32 Å². The Morgan fingerprint density at radius 2 is 1.68 bits per heavy atom. The van der Waals surface area contributed by atoms with Gasteiger partial charge in [-0.05, 0) is 42.0 Å². The van der Waals surface area contributed by atoms with Crippen LogP contribution in [0.15, 0.2) is 61.9 Å². The van der Waals surface area contributed by atoms with Crippen molar-refractivity contribution in [1.29, 1.82) is 0 Å². The standard InChI is InChI=1S/C16H11Br2N3O/c17-12-6-8-13(9-7-12)19-16-21-20-15(22-16)10-5-11-3-1-2-4-14(11)18/h1-10H,(H,19,21)/b10-5+. The first-order chi connectivity index (χ1) is 10.7. The van der Waals surface area contributed by atoms with E-state index in [0.717, 1.165) is 20.2 Å². The lowest BCUT2D eigenvalue weighted by molar-refractivity contribution is 0.561. The number of nitrogens with zero attached hydrogens (tertiary/aromatic N) is 2. The normalized spacial score (nSPS) is 11.0. The van der Waals surface area contributed by atoms with Gasteiger partial charge in [0.1, 0.15) is 0 Å². The molecule has 0 spiro atoms. The molecule has 0 radical (unpaired) electrons. The number of halogens is 2. The summed E-state index contributed by atoms with van der Waals surface area (Å²) in [6.45, 7) is 0. The summed E-state index contributed by atoms with van der Waals surface area (Å²) in [5.41, 5.74) is 1.93. The van der Waals surface area contributed by atoms with Crippen molar-refractivity contribution in [3.63, 3.8) is 0 Å². The fourth-order valence-electron chi connectivity index (χ4n) is 1.78. The quantitative estimate of drug-likeness (QED) is 0.604. The van der Waals surface area contributed by atoms with Gasteiger partial charge in [0.2, 0.25) is 5.89 Å². The molecule has 3 rings (SSSR count). The molecule has 6 heteroatoms. The van der Waals surface area contributed by atoms with Crippen LogP contribution in [0.5, 0.6) is 0 Å². The van der Waals surface area contributed by atoms with E-state index < -0.39 is 0 Å². The molecule has 0 saturated heterocycles. The van der Waals surface area contributed by atoms with E-state index in [1.807, 2.05) is 54.6 Å². The molecule has 22 heavy (non-hydrogen) atoms. The van der Waals surface area contributed by atoms with E-state index in [-0.39, 0.29) is 0 Å². The highest BCUT2D eigenvalue weighted by Crippen LogP contribution is 2.20. The predicted molar refractivity (Wildman–Crippen MR) is 94.8 cm³/mol. The SMILES string of the molecule is Brc1ccc(Nc2nnc(/C=C/c3ccccc3Br)o2)cc1. The molecule has 0 saturated carbocycles. The Kier molecular flexibility index (Phi) is 4.70. The second kappa shape index (κ2) is 6.89. The summed E-state index contributed by atoms with van der Waals surface area (Å²) in [6.07, 6.45) is 3.70. The van der Waals surface area contributed by atoms with Gasteiger partial charge in [-0.2, -0.15) is 0 Å². The molecule has 0 amide bonds. The molecule has 0 aliphatic carbocycles. The monoisotopic (exact) mass is 419 g/mol. The Bertz CT molecular complexity index is 797. The number of benzene rings is 2. The van der Waals surface area contributed by atoms with Crippen molar-refractivity contribution in [2.45, 2.75) is 0 Å². The van der Waals surface area contributed by atoms with Crippen molar-refractivity contribution in [3.8, 4) is 0 Å². The smallest absolute Gasteiger partial charge is 0.320 e. The molecule has 1 aromatic heterocycles. The maximum atomic E-state index is 5.53. The number of nitrogens with one attached hydrogen (secondary N) is 1. The first-order valence-electron chi connectivity index (χ1n) is 6.49. The zero-order valence-electron chi connectivity index (χ0n) is 11.3. The summed E-state index contributed by atoms with van der Waals surface area (Å²) in [4.78, 5) is 0. The van der Waals surface area contributed by atoms with Crippen LogP contribution in [0.3, 0.4) is 0 Å². The van der Waals surface area contributed by atoms with E-state index >= 15 is 0 Å². The van der Waals surface area contributed by atoms with Gasteiger partial charge in [0.05, 0.1) is 0 Å². The minimum atomic E-state index is 0.356. The van der Waals surface area contributed by atoms with Gasteiger partial charge in [-0.15, -0.1) is 5.10 Å². The van der Waals surface area contributed by atoms with Gasteiger partial charge in [0.15, 0.2) is 0 Å².